The van der Waals surface area contributed by atoms with Gasteiger partial charge < -0.3 is 30.4 Å². The van der Waals surface area contributed by atoms with Crippen molar-refractivity contribution in [2.24, 2.45) is 17.6 Å². The highest BCUT2D eigenvalue weighted by molar-refractivity contribution is 5.96. The van der Waals surface area contributed by atoms with Crippen molar-refractivity contribution in [3.05, 3.63) is 29.8 Å². The van der Waals surface area contributed by atoms with Gasteiger partial charge in [0, 0.05) is 45.9 Å². The lowest BCUT2D eigenvalue weighted by Gasteiger charge is -2.32. The molecule has 3 atom stereocenters. The lowest BCUT2D eigenvalue weighted by molar-refractivity contribution is 0.00730. The summed E-state index contributed by atoms with van der Waals surface area (Å²) in [6.07, 6.45) is 1.82. The molecule has 1 aromatic carbocycles. The van der Waals surface area contributed by atoms with Crippen molar-refractivity contribution in [1.29, 1.82) is 0 Å². The summed E-state index contributed by atoms with van der Waals surface area (Å²) in [5.74, 6) is 0.909. The predicted molar refractivity (Wildman–Crippen MR) is 130 cm³/mol. The van der Waals surface area contributed by atoms with Gasteiger partial charge in [-0.3, -0.25) is 9.69 Å². The highest BCUT2D eigenvalue weighted by Gasteiger charge is 2.25. The van der Waals surface area contributed by atoms with Gasteiger partial charge in [0.1, 0.15) is 5.75 Å². The minimum atomic E-state index is -0.604. The molecule has 0 radical (unpaired) electrons. The number of amides is 1. The van der Waals surface area contributed by atoms with E-state index < -0.39 is 6.10 Å². The molecule has 8 heteroatoms. The maximum Gasteiger partial charge on any atom is 0.255 e. The van der Waals surface area contributed by atoms with Gasteiger partial charge in [-0.1, -0.05) is 26.0 Å². The molecule has 33 heavy (non-hydrogen) atoms. The van der Waals surface area contributed by atoms with Gasteiger partial charge in [-0.25, -0.2) is 0 Å². The van der Waals surface area contributed by atoms with Crippen LogP contribution in [-0.2, 0) is 9.47 Å². The molecular formula is C25H43N3O5. The third kappa shape index (κ3) is 9.98. The summed E-state index contributed by atoms with van der Waals surface area (Å²) in [5.41, 5.74) is 6.89. The van der Waals surface area contributed by atoms with Crippen molar-refractivity contribution in [2.75, 3.05) is 59.7 Å². The van der Waals surface area contributed by atoms with E-state index >= 15 is 0 Å². The van der Waals surface area contributed by atoms with Crippen LogP contribution in [0.2, 0.25) is 0 Å². The molecule has 0 aliphatic carbocycles. The minimum Gasteiger partial charge on any atom is -0.493 e. The van der Waals surface area contributed by atoms with E-state index in [-0.39, 0.29) is 17.9 Å². The van der Waals surface area contributed by atoms with E-state index in [1.165, 1.54) is 0 Å². The Morgan fingerprint density at radius 1 is 1.21 bits per heavy atom. The van der Waals surface area contributed by atoms with E-state index in [0.717, 1.165) is 25.9 Å². The molecular weight excluding hydrogens is 422 g/mol. The largest absolute Gasteiger partial charge is 0.493 e. The molecule has 8 nitrogen and oxygen atoms in total. The summed E-state index contributed by atoms with van der Waals surface area (Å²) >= 11 is 0. The number of unbranched alkanes of at least 4 members (excludes halogenated alkanes) is 1. The first-order chi connectivity index (χ1) is 15.9. The van der Waals surface area contributed by atoms with Crippen LogP contribution < -0.4 is 15.8 Å². The van der Waals surface area contributed by atoms with Gasteiger partial charge in [0.15, 0.2) is 0 Å². The zero-order chi connectivity index (χ0) is 24.1. The molecule has 3 unspecified atom stereocenters. The number of nitrogens with two attached hydrogens (primary N) is 1. The molecule has 0 aromatic heterocycles. The van der Waals surface area contributed by atoms with Gasteiger partial charge in [-0.15, -0.1) is 0 Å². The Morgan fingerprint density at radius 2 is 1.91 bits per heavy atom. The monoisotopic (exact) mass is 465 g/mol. The van der Waals surface area contributed by atoms with E-state index in [4.69, 9.17) is 19.9 Å². The molecule has 1 aliphatic heterocycles. The normalized spacial score (nSPS) is 17.5. The van der Waals surface area contributed by atoms with Crippen LogP contribution in [0.4, 0.5) is 0 Å². The maximum absolute atomic E-state index is 12.9. The van der Waals surface area contributed by atoms with Crippen LogP contribution in [0.15, 0.2) is 24.3 Å². The van der Waals surface area contributed by atoms with Gasteiger partial charge in [-0.2, -0.15) is 0 Å². The van der Waals surface area contributed by atoms with Crippen LogP contribution >= 0.6 is 0 Å². The first-order valence-electron chi connectivity index (χ1n) is 12.1. The number of methoxy groups -OCH3 is 1. The number of benzene rings is 1. The Kier molecular flexibility index (Phi) is 12.7. The summed E-state index contributed by atoms with van der Waals surface area (Å²) in [5, 5.41) is 13.7. The average molecular weight is 466 g/mol. The smallest absolute Gasteiger partial charge is 0.255 e. The third-order valence-corrected chi connectivity index (χ3v) is 6.22. The molecule has 1 aromatic rings. The fourth-order valence-electron chi connectivity index (χ4n) is 3.91. The number of aliphatic hydroxyl groups excluding tert-OH is 1. The second-order valence-corrected chi connectivity index (χ2v) is 9.14. The molecule has 0 spiro atoms. The zero-order valence-corrected chi connectivity index (χ0v) is 20.5. The number of β-amino-alcohol motifs (C(OH)–C–C–N with tert-alkyl or cyclic N) is 1. The lowest BCUT2D eigenvalue weighted by Crippen LogP contribution is -2.48. The molecule has 4 N–H and O–H groups in total. The van der Waals surface area contributed by atoms with Crippen LogP contribution in [0.3, 0.4) is 0 Å². The Morgan fingerprint density at radius 3 is 2.61 bits per heavy atom. The number of morpholine rings is 1. The highest BCUT2D eigenvalue weighted by Crippen LogP contribution is 2.21. The molecule has 1 aliphatic rings. The number of hydrogen-bond acceptors (Lipinski definition) is 7. The first-order valence-corrected chi connectivity index (χ1v) is 12.1. The number of nitrogens with zero attached hydrogens (tertiary/aromatic N) is 1. The van der Waals surface area contributed by atoms with Gasteiger partial charge in [-0.05, 0) is 43.2 Å². The maximum atomic E-state index is 12.9. The molecule has 1 amide bonds. The minimum absolute atomic E-state index is 0.157. The van der Waals surface area contributed by atoms with Gasteiger partial charge in [0.25, 0.3) is 5.91 Å². The van der Waals surface area contributed by atoms with Crippen LogP contribution in [0.5, 0.6) is 5.75 Å². The summed E-state index contributed by atoms with van der Waals surface area (Å²) in [6, 6.07) is 6.96. The highest BCUT2D eigenvalue weighted by atomic mass is 16.5. The number of aliphatic hydroxyl groups is 1. The lowest BCUT2D eigenvalue weighted by atomic mass is 9.87. The average Bonchev–Trinajstić information content (AvgIpc) is 2.82. The van der Waals surface area contributed by atoms with Crippen molar-refractivity contribution in [3.8, 4) is 5.75 Å². The molecule has 2 rings (SSSR count). The van der Waals surface area contributed by atoms with Crippen molar-refractivity contribution in [3.63, 3.8) is 0 Å². The Labute approximate surface area is 198 Å². The van der Waals surface area contributed by atoms with Crippen LogP contribution in [0.25, 0.3) is 0 Å². The van der Waals surface area contributed by atoms with Crippen LogP contribution in [-0.4, -0.2) is 87.8 Å². The van der Waals surface area contributed by atoms with Crippen molar-refractivity contribution in [1.82, 2.24) is 10.2 Å². The number of carbonyl (C=O) groups is 1. The number of rotatable bonds is 15. The van der Waals surface area contributed by atoms with E-state index in [1.807, 2.05) is 18.2 Å². The number of nitrogens with one attached hydrogen (secondary N) is 1. The Balaban J connectivity index is 1.85. The molecule has 1 heterocycles. The fraction of sp³-hybridized carbons (Fsp3) is 0.720. The van der Waals surface area contributed by atoms with Crippen molar-refractivity contribution in [2.45, 2.75) is 45.3 Å². The second-order valence-electron chi connectivity index (χ2n) is 9.14. The Bertz CT molecular complexity index is 682. The number of ether oxygens (including phenoxy) is 3. The molecule has 0 bridgehead atoms. The predicted octanol–water partition coefficient (Wildman–Crippen LogP) is 1.90. The van der Waals surface area contributed by atoms with Gasteiger partial charge in [0.2, 0.25) is 0 Å². The molecule has 1 saturated heterocycles. The molecule has 1 fully saturated rings. The van der Waals surface area contributed by atoms with E-state index in [2.05, 4.69) is 24.1 Å². The van der Waals surface area contributed by atoms with Crippen LogP contribution in [0.1, 0.15) is 43.5 Å². The standard InChI is InChI=1S/C25H43N3O5/c1-19(2)20(16-22(26)23(29)18-28-10-14-32-15-11-28)17-27-25(30)21-8-4-5-9-24(21)33-13-7-6-12-31-3/h4-5,8-9,19-20,22-23,29H,6-7,10-18,26H2,1-3H3,(H,27,30). The van der Waals surface area contributed by atoms with E-state index in [0.29, 0.717) is 63.2 Å². The van der Waals surface area contributed by atoms with E-state index in [9.17, 15) is 9.90 Å². The first kappa shape index (κ1) is 27.5. The zero-order valence-electron chi connectivity index (χ0n) is 20.5. The molecule has 188 valence electrons. The summed E-state index contributed by atoms with van der Waals surface area (Å²) in [6.45, 7) is 9.56. The van der Waals surface area contributed by atoms with Crippen molar-refractivity contribution < 1.29 is 24.1 Å². The second kappa shape index (κ2) is 15.2. The van der Waals surface area contributed by atoms with Crippen molar-refractivity contribution >= 4 is 5.91 Å². The SMILES string of the molecule is COCCCCOc1ccccc1C(=O)NCC(CC(N)C(O)CN1CCOCC1)C(C)C. The fourth-order valence-corrected chi connectivity index (χ4v) is 3.91. The van der Waals surface area contributed by atoms with Gasteiger partial charge >= 0.3 is 0 Å². The summed E-state index contributed by atoms with van der Waals surface area (Å²) in [4.78, 5) is 15.1. The quantitative estimate of drug-likeness (QED) is 0.340. The third-order valence-electron chi connectivity index (χ3n) is 6.22. The van der Waals surface area contributed by atoms with E-state index in [1.54, 1.807) is 13.2 Å². The van der Waals surface area contributed by atoms with Gasteiger partial charge in [0.05, 0.1) is 31.5 Å². The Hall–Kier alpha value is -1.71. The number of hydrogen-bond donors (Lipinski definition) is 3. The number of para-hydroxylation sites is 1. The summed E-state index contributed by atoms with van der Waals surface area (Å²) in [7, 11) is 1.68. The number of carbonyl (C=O) groups excluding carboxylic acids is 1. The summed E-state index contributed by atoms with van der Waals surface area (Å²) < 4.78 is 16.3. The topological polar surface area (TPSA) is 106 Å². The molecule has 0 saturated carbocycles. The van der Waals surface area contributed by atoms with Crippen LogP contribution in [0, 0.1) is 11.8 Å².